The van der Waals surface area contributed by atoms with Crippen LogP contribution in [0, 0.1) is 6.92 Å². The Bertz CT molecular complexity index is 1380. The van der Waals surface area contributed by atoms with Crippen LogP contribution in [0.1, 0.15) is 26.4 Å². The zero-order valence-electron chi connectivity index (χ0n) is 15.6. The lowest BCUT2D eigenvalue weighted by molar-refractivity contribution is 0.0814. The van der Waals surface area contributed by atoms with Crippen LogP contribution in [0.4, 0.5) is 0 Å². The minimum Gasteiger partial charge on any atom is -0.285 e. The van der Waals surface area contributed by atoms with Crippen molar-refractivity contribution in [3.63, 3.8) is 0 Å². The number of rotatable bonds is 4. The van der Waals surface area contributed by atoms with Crippen molar-refractivity contribution >= 4 is 38.1 Å². The minimum absolute atomic E-state index is 0.315. The van der Waals surface area contributed by atoms with E-state index in [1.54, 1.807) is 24.3 Å². The fourth-order valence-corrected chi connectivity index (χ4v) is 4.64. The monoisotopic (exact) mass is 396 g/mol. The standard InChI is InChI=1S/C24H16N2O2S/c1-15-12-13-18-19(14-15)29-24-25-20(16-8-4-2-5-9-16)21(26(18)24)23(28)22(27)17-10-6-3-7-11-17/h2-14H,1H3. The van der Waals surface area contributed by atoms with Crippen molar-refractivity contribution < 1.29 is 9.59 Å². The van der Waals surface area contributed by atoms with Crippen LogP contribution < -0.4 is 0 Å². The van der Waals surface area contributed by atoms with Gasteiger partial charge in [0.05, 0.1) is 10.2 Å². The normalized spacial score (nSPS) is 11.2. The topological polar surface area (TPSA) is 51.4 Å². The molecule has 4 nitrogen and oxygen atoms in total. The molecule has 0 radical (unpaired) electrons. The van der Waals surface area contributed by atoms with E-state index in [-0.39, 0.29) is 0 Å². The van der Waals surface area contributed by atoms with Gasteiger partial charge in [0.1, 0.15) is 11.4 Å². The van der Waals surface area contributed by atoms with Gasteiger partial charge in [-0.05, 0) is 24.6 Å². The molecule has 0 saturated carbocycles. The van der Waals surface area contributed by atoms with Crippen molar-refractivity contribution in [2.45, 2.75) is 6.92 Å². The summed E-state index contributed by atoms with van der Waals surface area (Å²) in [6.07, 6.45) is 0. The number of Topliss-reactive ketones (excluding diaryl/α,β-unsaturated/α-hetero) is 2. The Morgan fingerprint density at radius 1 is 0.862 bits per heavy atom. The highest BCUT2D eigenvalue weighted by molar-refractivity contribution is 7.23. The molecule has 0 N–H and O–H groups in total. The lowest BCUT2D eigenvalue weighted by Crippen LogP contribution is -2.17. The summed E-state index contributed by atoms with van der Waals surface area (Å²) in [6.45, 7) is 2.03. The third-order valence-electron chi connectivity index (χ3n) is 4.91. The maximum atomic E-state index is 13.4. The summed E-state index contributed by atoms with van der Waals surface area (Å²) >= 11 is 1.52. The van der Waals surface area contributed by atoms with Gasteiger partial charge in [-0.2, -0.15) is 0 Å². The number of nitrogens with zero attached hydrogens (tertiary/aromatic N) is 2. The molecule has 0 aliphatic carbocycles. The first-order valence-electron chi connectivity index (χ1n) is 9.24. The van der Waals surface area contributed by atoms with Crippen LogP contribution in [-0.4, -0.2) is 21.0 Å². The van der Waals surface area contributed by atoms with E-state index in [0.717, 1.165) is 21.3 Å². The summed E-state index contributed by atoms with van der Waals surface area (Å²) in [5, 5.41) is 0. The highest BCUT2D eigenvalue weighted by atomic mass is 32.1. The van der Waals surface area contributed by atoms with Gasteiger partial charge < -0.3 is 0 Å². The number of aryl methyl sites for hydroxylation is 1. The first-order valence-corrected chi connectivity index (χ1v) is 10.1. The summed E-state index contributed by atoms with van der Waals surface area (Å²) < 4.78 is 2.86. The van der Waals surface area contributed by atoms with Crippen LogP contribution in [0.2, 0.25) is 0 Å². The molecular formula is C24H16N2O2S. The summed E-state index contributed by atoms with van der Waals surface area (Å²) in [5.74, 6) is -1.08. The maximum Gasteiger partial charge on any atom is 0.252 e. The second-order valence-corrected chi connectivity index (χ2v) is 7.90. The Morgan fingerprint density at radius 3 is 2.28 bits per heavy atom. The van der Waals surface area contributed by atoms with E-state index in [1.807, 2.05) is 59.9 Å². The lowest BCUT2D eigenvalue weighted by atomic mass is 10.0. The molecule has 29 heavy (non-hydrogen) atoms. The first kappa shape index (κ1) is 17.5. The van der Waals surface area contributed by atoms with Crippen LogP contribution in [0.3, 0.4) is 0 Å². The van der Waals surface area contributed by atoms with E-state index in [0.29, 0.717) is 21.9 Å². The first-order chi connectivity index (χ1) is 14.1. The van der Waals surface area contributed by atoms with Gasteiger partial charge in [-0.1, -0.05) is 78.1 Å². The quantitative estimate of drug-likeness (QED) is 0.294. The minimum atomic E-state index is -0.553. The predicted molar refractivity (Wildman–Crippen MR) is 116 cm³/mol. The van der Waals surface area contributed by atoms with Crippen molar-refractivity contribution in [3.05, 3.63) is 95.7 Å². The molecule has 0 fully saturated rings. The third kappa shape index (κ3) is 2.87. The molecule has 0 atom stereocenters. The van der Waals surface area contributed by atoms with Gasteiger partial charge >= 0.3 is 0 Å². The number of benzene rings is 3. The number of carbonyl (C=O) groups excluding carboxylic acids is 2. The number of hydrogen-bond acceptors (Lipinski definition) is 4. The third-order valence-corrected chi connectivity index (χ3v) is 5.91. The Balaban J connectivity index is 1.79. The van der Waals surface area contributed by atoms with E-state index in [1.165, 1.54) is 11.3 Å². The van der Waals surface area contributed by atoms with E-state index < -0.39 is 11.6 Å². The molecule has 3 aromatic carbocycles. The van der Waals surface area contributed by atoms with Gasteiger partial charge in [0.2, 0.25) is 5.78 Å². The van der Waals surface area contributed by atoms with E-state index in [9.17, 15) is 9.59 Å². The van der Waals surface area contributed by atoms with E-state index in [2.05, 4.69) is 6.07 Å². The van der Waals surface area contributed by atoms with Crippen molar-refractivity contribution in [2.24, 2.45) is 0 Å². The van der Waals surface area contributed by atoms with Crippen LogP contribution in [0.15, 0.2) is 78.9 Å². The maximum absolute atomic E-state index is 13.4. The average molecular weight is 396 g/mol. The van der Waals surface area contributed by atoms with Gasteiger partial charge in [-0.3, -0.25) is 14.0 Å². The number of carbonyl (C=O) groups is 2. The number of ketones is 2. The number of aromatic nitrogens is 2. The fourth-order valence-electron chi connectivity index (χ4n) is 3.51. The summed E-state index contributed by atoms with van der Waals surface area (Å²) in [6, 6.07) is 24.2. The number of fused-ring (bicyclic) bond motifs is 3. The molecular weight excluding hydrogens is 380 g/mol. The molecule has 140 valence electrons. The Kier molecular flexibility index (Phi) is 4.11. The molecule has 0 saturated heterocycles. The average Bonchev–Trinajstić information content (AvgIpc) is 3.29. The molecule has 0 unspecified atom stereocenters. The van der Waals surface area contributed by atoms with E-state index >= 15 is 0 Å². The molecule has 2 heterocycles. The molecule has 5 rings (SSSR count). The van der Waals surface area contributed by atoms with Gasteiger partial charge in [0.25, 0.3) is 5.78 Å². The lowest BCUT2D eigenvalue weighted by Gasteiger charge is -2.05. The van der Waals surface area contributed by atoms with Crippen LogP contribution >= 0.6 is 11.3 Å². The molecule has 0 amide bonds. The Labute approximate surface area is 171 Å². The second-order valence-electron chi connectivity index (χ2n) is 6.89. The predicted octanol–water partition coefficient (Wildman–Crippen LogP) is 5.59. The van der Waals surface area contributed by atoms with Crippen LogP contribution in [0.25, 0.3) is 26.4 Å². The van der Waals surface area contributed by atoms with Gasteiger partial charge in [-0.25, -0.2) is 4.98 Å². The largest absolute Gasteiger partial charge is 0.285 e. The summed E-state index contributed by atoms with van der Waals surface area (Å²) in [4.78, 5) is 31.9. The van der Waals surface area contributed by atoms with E-state index in [4.69, 9.17) is 4.98 Å². The molecule has 5 aromatic rings. The molecule has 0 aliphatic heterocycles. The smallest absolute Gasteiger partial charge is 0.252 e. The second kappa shape index (κ2) is 6.79. The molecule has 0 bridgehead atoms. The van der Waals surface area contributed by atoms with Gasteiger partial charge in [0.15, 0.2) is 4.96 Å². The number of imidazole rings is 1. The zero-order valence-corrected chi connectivity index (χ0v) is 16.4. The van der Waals surface area contributed by atoms with Crippen LogP contribution in [-0.2, 0) is 0 Å². The van der Waals surface area contributed by atoms with Gasteiger partial charge in [0, 0.05) is 11.1 Å². The van der Waals surface area contributed by atoms with Crippen molar-refractivity contribution in [1.29, 1.82) is 0 Å². The molecule has 2 aromatic heterocycles. The highest BCUT2D eigenvalue weighted by Gasteiger charge is 2.28. The number of thiazole rings is 1. The number of hydrogen-bond donors (Lipinski definition) is 0. The summed E-state index contributed by atoms with van der Waals surface area (Å²) in [7, 11) is 0. The highest BCUT2D eigenvalue weighted by Crippen LogP contribution is 2.34. The van der Waals surface area contributed by atoms with Crippen molar-refractivity contribution in [2.75, 3.05) is 0 Å². The SMILES string of the molecule is Cc1ccc2c(c1)sc1nc(-c3ccccc3)c(C(=O)C(=O)c3ccccc3)n12. The Hall–Kier alpha value is -3.57. The van der Waals surface area contributed by atoms with Crippen molar-refractivity contribution in [1.82, 2.24) is 9.38 Å². The molecule has 0 spiro atoms. The summed E-state index contributed by atoms with van der Waals surface area (Å²) in [5.41, 5.74) is 4.06. The van der Waals surface area contributed by atoms with Gasteiger partial charge in [-0.15, -0.1) is 0 Å². The fraction of sp³-hybridized carbons (Fsp3) is 0.0417. The molecule has 5 heteroatoms. The Morgan fingerprint density at radius 2 is 1.55 bits per heavy atom. The van der Waals surface area contributed by atoms with Crippen molar-refractivity contribution in [3.8, 4) is 11.3 Å². The molecule has 0 aliphatic rings. The zero-order chi connectivity index (χ0) is 20.0. The van der Waals surface area contributed by atoms with Crippen LogP contribution in [0.5, 0.6) is 0 Å².